The van der Waals surface area contributed by atoms with Gasteiger partial charge < -0.3 is 10.6 Å². The first kappa shape index (κ1) is 13.5. The van der Waals surface area contributed by atoms with Crippen LogP contribution in [0, 0.1) is 0 Å². The minimum Gasteiger partial charge on any atom is -0.366 e. The second-order valence-corrected chi connectivity index (χ2v) is 5.73. The van der Waals surface area contributed by atoms with Gasteiger partial charge in [-0.15, -0.1) is 0 Å². The standard InChI is InChI=1S/C17H19ClN2/c18-15-6-7-17-14(11-15)8-9-20(17)16(12-19)10-13-4-2-1-3-5-13/h1-7,11,16H,8-10,12,19H2/t16-/m0/s1. The lowest BCUT2D eigenvalue weighted by Gasteiger charge is -2.29. The molecular weight excluding hydrogens is 268 g/mol. The van der Waals surface area contributed by atoms with Gasteiger partial charge in [0, 0.05) is 29.8 Å². The molecule has 0 saturated carbocycles. The van der Waals surface area contributed by atoms with Crippen molar-refractivity contribution in [3.63, 3.8) is 0 Å². The molecule has 0 aliphatic carbocycles. The van der Waals surface area contributed by atoms with Crippen molar-refractivity contribution in [3.8, 4) is 0 Å². The van der Waals surface area contributed by atoms with E-state index < -0.39 is 0 Å². The number of anilines is 1. The highest BCUT2D eigenvalue weighted by Gasteiger charge is 2.25. The average molecular weight is 287 g/mol. The fourth-order valence-corrected chi connectivity index (χ4v) is 3.18. The maximum atomic E-state index is 6.07. The van der Waals surface area contributed by atoms with Crippen LogP contribution in [0.1, 0.15) is 11.1 Å². The Kier molecular flexibility index (Phi) is 3.95. The average Bonchev–Trinajstić information content (AvgIpc) is 2.88. The number of hydrogen-bond acceptors (Lipinski definition) is 2. The number of fused-ring (bicyclic) bond motifs is 1. The number of nitrogens with zero attached hydrogens (tertiary/aromatic N) is 1. The Morgan fingerprint density at radius 1 is 1.15 bits per heavy atom. The van der Waals surface area contributed by atoms with E-state index in [2.05, 4.69) is 41.3 Å². The Morgan fingerprint density at radius 3 is 2.70 bits per heavy atom. The Balaban J connectivity index is 1.82. The summed E-state index contributed by atoms with van der Waals surface area (Å²) in [5, 5.41) is 0.818. The number of nitrogens with two attached hydrogens (primary N) is 1. The fourth-order valence-electron chi connectivity index (χ4n) is 2.98. The summed E-state index contributed by atoms with van der Waals surface area (Å²) in [4.78, 5) is 2.43. The van der Waals surface area contributed by atoms with Crippen molar-refractivity contribution >= 4 is 17.3 Å². The first-order chi connectivity index (χ1) is 9.78. The van der Waals surface area contributed by atoms with Crippen molar-refractivity contribution in [2.45, 2.75) is 18.9 Å². The molecule has 1 aliphatic heterocycles. The quantitative estimate of drug-likeness (QED) is 0.935. The zero-order valence-electron chi connectivity index (χ0n) is 11.4. The summed E-state index contributed by atoms with van der Waals surface area (Å²) >= 11 is 6.07. The molecule has 2 nitrogen and oxygen atoms in total. The maximum Gasteiger partial charge on any atom is 0.0452 e. The summed E-state index contributed by atoms with van der Waals surface area (Å²) < 4.78 is 0. The van der Waals surface area contributed by atoms with E-state index in [1.54, 1.807) is 0 Å². The summed E-state index contributed by atoms with van der Waals surface area (Å²) in [6, 6.07) is 17.1. The van der Waals surface area contributed by atoms with Gasteiger partial charge in [-0.25, -0.2) is 0 Å². The summed E-state index contributed by atoms with van der Waals surface area (Å²) in [6.07, 6.45) is 2.04. The van der Waals surface area contributed by atoms with Gasteiger partial charge in [-0.05, 0) is 42.2 Å². The lowest BCUT2D eigenvalue weighted by Crippen LogP contribution is -2.41. The molecular formula is C17H19ClN2. The Hall–Kier alpha value is -1.51. The minimum absolute atomic E-state index is 0.347. The topological polar surface area (TPSA) is 29.3 Å². The number of hydrogen-bond donors (Lipinski definition) is 1. The predicted octanol–water partition coefficient (Wildman–Crippen LogP) is 3.27. The third-order valence-corrected chi connectivity index (χ3v) is 4.24. The number of halogens is 1. The molecule has 0 bridgehead atoms. The van der Waals surface area contributed by atoms with E-state index in [1.807, 2.05) is 12.1 Å². The molecule has 3 rings (SSSR count). The van der Waals surface area contributed by atoms with Crippen LogP contribution in [-0.2, 0) is 12.8 Å². The van der Waals surface area contributed by atoms with Gasteiger partial charge >= 0.3 is 0 Å². The maximum absolute atomic E-state index is 6.07. The van der Waals surface area contributed by atoms with Crippen molar-refractivity contribution in [1.29, 1.82) is 0 Å². The van der Waals surface area contributed by atoms with Crippen molar-refractivity contribution in [2.75, 3.05) is 18.0 Å². The van der Waals surface area contributed by atoms with Crippen molar-refractivity contribution < 1.29 is 0 Å². The fraction of sp³-hybridized carbons (Fsp3) is 0.294. The molecule has 2 aromatic rings. The van der Waals surface area contributed by atoms with Gasteiger partial charge in [0.05, 0.1) is 0 Å². The summed E-state index contributed by atoms with van der Waals surface area (Å²) in [5.41, 5.74) is 9.99. The highest BCUT2D eigenvalue weighted by Crippen LogP contribution is 2.32. The zero-order chi connectivity index (χ0) is 13.9. The molecule has 0 fully saturated rings. The monoisotopic (exact) mass is 286 g/mol. The molecule has 0 radical (unpaired) electrons. The van der Waals surface area contributed by atoms with Crippen LogP contribution in [0.15, 0.2) is 48.5 Å². The lowest BCUT2D eigenvalue weighted by molar-refractivity contribution is 0.610. The highest BCUT2D eigenvalue weighted by molar-refractivity contribution is 6.30. The van der Waals surface area contributed by atoms with Crippen LogP contribution in [-0.4, -0.2) is 19.1 Å². The molecule has 1 aliphatic rings. The lowest BCUT2D eigenvalue weighted by atomic mass is 10.0. The third-order valence-electron chi connectivity index (χ3n) is 4.00. The molecule has 0 saturated heterocycles. The zero-order valence-corrected chi connectivity index (χ0v) is 12.2. The first-order valence-electron chi connectivity index (χ1n) is 7.07. The van der Waals surface area contributed by atoms with E-state index in [9.17, 15) is 0 Å². The van der Waals surface area contributed by atoms with Gasteiger partial charge in [0.25, 0.3) is 0 Å². The van der Waals surface area contributed by atoms with Crippen LogP contribution in [0.4, 0.5) is 5.69 Å². The Morgan fingerprint density at radius 2 is 1.95 bits per heavy atom. The first-order valence-corrected chi connectivity index (χ1v) is 7.45. The van der Waals surface area contributed by atoms with Crippen LogP contribution in [0.3, 0.4) is 0 Å². The molecule has 0 unspecified atom stereocenters. The molecule has 1 atom stereocenters. The van der Waals surface area contributed by atoms with Gasteiger partial charge in [0.15, 0.2) is 0 Å². The van der Waals surface area contributed by atoms with Crippen LogP contribution in [0.5, 0.6) is 0 Å². The van der Waals surface area contributed by atoms with Gasteiger partial charge in [0.1, 0.15) is 0 Å². The van der Waals surface area contributed by atoms with Gasteiger partial charge in [-0.3, -0.25) is 0 Å². The Bertz CT molecular complexity index is 583. The third kappa shape index (κ3) is 2.67. The van der Waals surface area contributed by atoms with E-state index in [0.29, 0.717) is 12.6 Å². The summed E-state index contributed by atoms with van der Waals surface area (Å²) in [7, 11) is 0. The molecule has 3 heteroatoms. The summed E-state index contributed by atoms with van der Waals surface area (Å²) in [6.45, 7) is 1.70. The molecule has 0 amide bonds. The molecule has 1 heterocycles. The molecule has 2 N–H and O–H groups in total. The largest absolute Gasteiger partial charge is 0.366 e. The molecule has 104 valence electrons. The van der Waals surface area contributed by atoms with Gasteiger partial charge in [-0.1, -0.05) is 41.9 Å². The normalized spacial score (nSPS) is 15.2. The van der Waals surface area contributed by atoms with Crippen molar-refractivity contribution in [1.82, 2.24) is 0 Å². The molecule has 2 aromatic carbocycles. The summed E-state index contributed by atoms with van der Waals surface area (Å²) in [5.74, 6) is 0. The van der Waals surface area contributed by atoms with Crippen LogP contribution in [0.2, 0.25) is 5.02 Å². The van der Waals surface area contributed by atoms with Crippen LogP contribution in [0.25, 0.3) is 0 Å². The van der Waals surface area contributed by atoms with Crippen LogP contribution < -0.4 is 10.6 Å². The van der Waals surface area contributed by atoms with E-state index in [1.165, 1.54) is 16.8 Å². The van der Waals surface area contributed by atoms with Crippen molar-refractivity contribution in [3.05, 3.63) is 64.7 Å². The minimum atomic E-state index is 0.347. The highest BCUT2D eigenvalue weighted by atomic mass is 35.5. The van der Waals surface area contributed by atoms with E-state index >= 15 is 0 Å². The van der Waals surface area contributed by atoms with Gasteiger partial charge in [-0.2, -0.15) is 0 Å². The predicted molar refractivity (Wildman–Crippen MR) is 85.5 cm³/mol. The molecule has 0 spiro atoms. The Labute approximate surface area is 125 Å². The van der Waals surface area contributed by atoms with Gasteiger partial charge in [0.2, 0.25) is 0 Å². The number of benzene rings is 2. The van der Waals surface area contributed by atoms with E-state index in [4.69, 9.17) is 17.3 Å². The van der Waals surface area contributed by atoms with E-state index in [-0.39, 0.29) is 0 Å². The SMILES string of the molecule is NC[C@H](Cc1ccccc1)N1CCc2cc(Cl)ccc21. The van der Waals surface area contributed by atoms with Crippen molar-refractivity contribution in [2.24, 2.45) is 5.73 Å². The second-order valence-electron chi connectivity index (χ2n) is 5.30. The second kappa shape index (κ2) is 5.86. The van der Waals surface area contributed by atoms with Crippen LogP contribution >= 0.6 is 11.6 Å². The molecule has 20 heavy (non-hydrogen) atoms. The molecule has 0 aromatic heterocycles. The smallest absolute Gasteiger partial charge is 0.0452 e. The number of rotatable bonds is 4. The van der Waals surface area contributed by atoms with E-state index in [0.717, 1.165) is 24.4 Å².